The molecule has 1 aliphatic rings. The number of benzene rings is 2. The van der Waals surface area contributed by atoms with Crippen molar-refractivity contribution >= 4 is 17.3 Å². The smallest absolute Gasteiger partial charge is 0.162 e. The number of ether oxygens (including phenoxy) is 1. The van der Waals surface area contributed by atoms with Crippen LogP contribution >= 0.6 is 11.6 Å². The summed E-state index contributed by atoms with van der Waals surface area (Å²) in [7, 11) is 1.67. The van der Waals surface area contributed by atoms with Crippen LogP contribution in [0.4, 0.5) is 0 Å². The third kappa shape index (κ3) is 3.02. The summed E-state index contributed by atoms with van der Waals surface area (Å²) in [5.41, 5.74) is 3.91. The fourth-order valence-corrected chi connectivity index (χ4v) is 3.57. The maximum absolute atomic E-state index is 6.10. The van der Waals surface area contributed by atoms with Crippen molar-refractivity contribution in [2.75, 3.05) is 7.11 Å². The molecule has 0 saturated carbocycles. The van der Waals surface area contributed by atoms with Gasteiger partial charge in [-0.15, -0.1) is 10.2 Å². The summed E-state index contributed by atoms with van der Waals surface area (Å²) in [6, 6.07) is 13.7. The summed E-state index contributed by atoms with van der Waals surface area (Å²) in [5, 5.41) is 9.48. The lowest BCUT2D eigenvalue weighted by molar-refractivity contribution is 0.414. The van der Waals surface area contributed by atoms with E-state index in [1.807, 2.05) is 49.4 Å². The molecule has 1 atom stereocenters. The maximum atomic E-state index is 6.10. The Hall–Kier alpha value is -2.66. The zero-order valence-electron chi connectivity index (χ0n) is 15.8. The average molecular weight is 381 g/mol. The predicted molar refractivity (Wildman–Crippen MR) is 107 cm³/mol. The minimum Gasteiger partial charge on any atom is -0.497 e. The van der Waals surface area contributed by atoms with Gasteiger partial charge in [0.25, 0.3) is 0 Å². The molecule has 138 valence electrons. The summed E-state index contributed by atoms with van der Waals surface area (Å²) in [4.78, 5) is 5.14. The molecule has 27 heavy (non-hydrogen) atoms. The molecular formula is C21H21ClN4O. The van der Waals surface area contributed by atoms with Gasteiger partial charge in [-0.2, -0.15) is 0 Å². The molecule has 4 rings (SSSR count). The van der Waals surface area contributed by atoms with E-state index >= 15 is 0 Å². The van der Waals surface area contributed by atoms with Gasteiger partial charge in [-0.3, -0.25) is 9.56 Å². The highest BCUT2D eigenvalue weighted by atomic mass is 35.5. The monoisotopic (exact) mass is 380 g/mol. The van der Waals surface area contributed by atoms with Gasteiger partial charge in [0.1, 0.15) is 17.6 Å². The van der Waals surface area contributed by atoms with Crippen LogP contribution in [0.1, 0.15) is 42.7 Å². The Balaban J connectivity index is 2.04. The minimum atomic E-state index is -0.102. The van der Waals surface area contributed by atoms with Crippen LogP contribution in [-0.4, -0.2) is 27.6 Å². The predicted octanol–water partition coefficient (Wildman–Crippen LogP) is 4.79. The minimum absolute atomic E-state index is 0.102. The molecule has 5 nitrogen and oxygen atoms in total. The number of fused-ring (bicyclic) bond motifs is 3. The van der Waals surface area contributed by atoms with Crippen molar-refractivity contribution in [3.8, 4) is 11.4 Å². The topological polar surface area (TPSA) is 52.3 Å². The van der Waals surface area contributed by atoms with Crippen LogP contribution in [0.2, 0.25) is 5.02 Å². The molecule has 0 amide bonds. The highest BCUT2D eigenvalue weighted by molar-refractivity contribution is 6.30. The van der Waals surface area contributed by atoms with Crippen molar-refractivity contribution < 1.29 is 4.74 Å². The van der Waals surface area contributed by atoms with Crippen LogP contribution in [0.25, 0.3) is 5.69 Å². The summed E-state index contributed by atoms with van der Waals surface area (Å²) >= 11 is 6.10. The van der Waals surface area contributed by atoms with Crippen molar-refractivity contribution in [1.29, 1.82) is 0 Å². The van der Waals surface area contributed by atoms with E-state index in [2.05, 4.69) is 28.6 Å². The first-order valence-corrected chi connectivity index (χ1v) is 9.32. The number of rotatable bonds is 3. The zero-order chi connectivity index (χ0) is 19.1. The van der Waals surface area contributed by atoms with Crippen molar-refractivity contribution in [2.24, 2.45) is 10.9 Å². The van der Waals surface area contributed by atoms with E-state index in [0.717, 1.165) is 39.9 Å². The van der Waals surface area contributed by atoms with Gasteiger partial charge in [-0.25, -0.2) is 0 Å². The van der Waals surface area contributed by atoms with Crippen molar-refractivity contribution in [3.63, 3.8) is 0 Å². The molecule has 0 aliphatic carbocycles. The molecule has 0 radical (unpaired) electrons. The fourth-order valence-electron chi connectivity index (χ4n) is 3.45. The van der Waals surface area contributed by atoms with Crippen molar-refractivity contribution in [3.05, 3.63) is 70.3 Å². The van der Waals surface area contributed by atoms with Crippen molar-refractivity contribution in [1.82, 2.24) is 14.8 Å². The third-order valence-corrected chi connectivity index (χ3v) is 5.08. The number of aliphatic imine (C=N–C) groups is 1. The number of hydrogen-bond acceptors (Lipinski definition) is 4. The van der Waals surface area contributed by atoms with Crippen LogP contribution in [0.5, 0.6) is 5.75 Å². The number of halogens is 1. The summed E-state index contributed by atoms with van der Waals surface area (Å²) in [5.74, 6) is 2.75. The van der Waals surface area contributed by atoms with E-state index in [1.54, 1.807) is 7.11 Å². The van der Waals surface area contributed by atoms with E-state index in [0.29, 0.717) is 5.02 Å². The second-order valence-electron chi connectivity index (χ2n) is 7.00. The Labute approximate surface area is 163 Å². The molecule has 0 saturated heterocycles. The van der Waals surface area contributed by atoms with Gasteiger partial charge in [0, 0.05) is 16.1 Å². The van der Waals surface area contributed by atoms with Gasteiger partial charge in [-0.1, -0.05) is 37.6 Å². The Morgan fingerprint density at radius 3 is 2.48 bits per heavy atom. The lowest BCUT2D eigenvalue weighted by Crippen LogP contribution is -2.11. The van der Waals surface area contributed by atoms with Gasteiger partial charge >= 0.3 is 0 Å². The SMILES string of the molecule is COc1ccc2c(c1)C(c1ccc(Cl)cc1)=NC(C(C)C)c1nnc(C)n1-2. The summed E-state index contributed by atoms with van der Waals surface area (Å²) in [6.45, 7) is 6.27. The number of aromatic nitrogens is 3. The maximum Gasteiger partial charge on any atom is 0.162 e. The molecule has 1 aromatic heterocycles. The Morgan fingerprint density at radius 1 is 1.07 bits per heavy atom. The molecule has 3 aromatic rings. The van der Waals surface area contributed by atoms with Crippen LogP contribution in [0.3, 0.4) is 0 Å². The normalized spacial score (nSPS) is 15.8. The van der Waals surface area contributed by atoms with Crippen LogP contribution in [-0.2, 0) is 0 Å². The number of nitrogens with zero attached hydrogens (tertiary/aromatic N) is 4. The van der Waals surface area contributed by atoms with Crippen molar-refractivity contribution in [2.45, 2.75) is 26.8 Å². The van der Waals surface area contributed by atoms with E-state index < -0.39 is 0 Å². The summed E-state index contributed by atoms with van der Waals surface area (Å²) in [6.07, 6.45) is 0. The number of aryl methyl sites for hydroxylation is 1. The van der Waals surface area contributed by atoms with Gasteiger partial charge in [-0.05, 0) is 43.2 Å². The highest BCUT2D eigenvalue weighted by Gasteiger charge is 2.30. The van der Waals surface area contributed by atoms with Crippen LogP contribution in [0, 0.1) is 12.8 Å². The second kappa shape index (κ2) is 6.82. The lowest BCUT2D eigenvalue weighted by Gasteiger charge is -2.15. The molecule has 1 aliphatic heterocycles. The van der Waals surface area contributed by atoms with E-state index in [-0.39, 0.29) is 12.0 Å². The molecule has 1 unspecified atom stereocenters. The zero-order valence-corrected chi connectivity index (χ0v) is 16.5. The Bertz CT molecular complexity index is 1020. The van der Waals surface area contributed by atoms with Gasteiger partial charge < -0.3 is 4.74 Å². The van der Waals surface area contributed by atoms with E-state index in [9.17, 15) is 0 Å². The standard InChI is InChI=1S/C21H21ClN4O/c1-12(2)19-21-25-24-13(3)26(21)18-10-9-16(27-4)11-17(18)20(23-19)14-5-7-15(22)8-6-14/h5-12,19H,1-4H3. The molecule has 0 fully saturated rings. The largest absolute Gasteiger partial charge is 0.497 e. The molecular weight excluding hydrogens is 360 g/mol. The first kappa shape index (κ1) is 17.7. The average Bonchev–Trinajstić information content (AvgIpc) is 2.96. The lowest BCUT2D eigenvalue weighted by atomic mass is 9.99. The summed E-state index contributed by atoms with van der Waals surface area (Å²) < 4.78 is 7.58. The molecule has 6 heteroatoms. The Kier molecular flexibility index (Phi) is 4.48. The van der Waals surface area contributed by atoms with Gasteiger partial charge in [0.05, 0.1) is 18.5 Å². The quantitative estimate of drug-likeness (QED) is 0.656. The second-order valence-corrected chi connectivity index (χ2v) is 7.43. The molecule has 0 N–H and O–H groups in total. The van der Waals surface area contributed by atoms with E-state index in [1.165, 1.54) is 0 Å². The third-order valence-electron chi connectivity index (χ3n) is 4.83. The number of hydrogen-bond donors (Lipinski definition) is 0. The first-order valence-electron chi connectivity index (χ1n) is 8.94. The van der Waals surface area contributed by atoms with Crippen LogP contribution < -0.4 is 4.74 Å². The Morgan fingerprint density at radius 2 is 1.81 bits per heavy atom. The van der Waals surface area contributed by atoms with Gasteiger partial charge in [0.2, 0.25) is 0 Å². The molecule has 0 bridgehead atoms. The fraction of sp³-hybridized carbons (Fsp3) is 0.286. The first-order chi connectivity index (χ1) is 13.0. The number of methoxy groups -OCH3 is 1. The van der Waals surface area contributed by atoms with Crippen LogP contribution in [0.15, 0.2) is 47.5 Å². The highest BCUT2D eigenvalue weighted by Crippen LogP contribution is 2.35. The molecule has 0 spiro atoms. The van der Waals surface area contributed by atoms with Gasteiger partial charge in [0.15, 0.2) is 5.82 Å². The van der Waals surface area contributed by atoms with E-state index in [4.69, 9.17) is 21.3 Å². The molecule has 2 aromatic carbocycles. The molecule has 2 heterocycles.